The van der Waals surface area contributed by atoms with Gasteiger partial charge >= 0.3 is 6.03 Å². The first kappa shape index (κ1) is 14.5. The lowest BCUT2D eigenvalue weighted by Crippen LogP contribution is -2.36. The number of amides is 3. The Morgan fingerprint density at radius 3 is 2.95 bits per heavy atom. The van der Waals surface area contributed by atoms with Gasteiger partial charge in [0.15, 0.2) is 0 Å². The normalized spacial score (nSPS) is 28.7. The molecule has 0 aliphatic carbocycles. The first-order valence-electron chi connectivity index (χ1n) is 7.04. The van der Waals surface area contributed by atoms with Gasteiger partial charge in [0.1, 0.15) is 0 Å². The van der Waals surface area contributed by atoms with Crippen LogP contribution >= 0.6 is 11.8 Å². The number of urea groups is 1. The summed E-state index contributed by atoms with van der Waals surface area (Å²) in [4.78, 5) is 24.7. The fourth-order valence-corrected chi connectivity index (χ4v) is 4.18. The number of unbranched alkanes of at least 4 members (excludes halogenated alkanes) is 1. The monoisotopic (exact) mass is 285 g/mol. The van der Waals surface area contributed by atoms with Crippen LogP contribution in [0.1, 0.15) is 32.6 Å². The molecular formula is C13H23N3O2S. The van der Waals surface area contributed by atoms with E-state index in [9.17, 15) is 9.59 Å². The molecule has 2 fully saturated rings. The lowest BCUT2D eigenvalue weighted by atomic mass is 10.0. The Hall–Kier alpha value is -0.910. The zero-order chi connectivity index (χ0) is 13.8. The van der Waals surface area contributed by atoms with E-state index in [1.807, 2.05) is 25.7 Å². The minimum atomic E-state index is -0.0277. The molecule has 19 heavy (non-hydrogen) atoms. The lowest BCUT2D eigenvalue weighted by Gasteiger charge is -2.17. The lowest BCUT2D eigenvalue weighted by molar-refractivity contribution is -0.129. The highest BCUT2D eigenvalue weighted by Gasteiger charge is 2.42. The van der Waals surface area contributed by atoms with Gasteiger partial charge in [0.2, 0.25) is 5.91 Å². The Labute approximate surface area is 118 Å². The third kappa shape index (κ3) is 3.55. The summed E-state index contributed by atoms with van der Waals surface area (Å²) in [6, 6.07) is 0.557. The second kappa shape index (κ2) is 6.50. The number of carbonyl (C=O) groups excluding carboxylic acids is 2. The van der Waals surface area contributed by atoms with Crippen LogP contribution in [0.25, 0.3) is 0 Å². The van der Waals surface area contributed by atoms with E-state index in [0.717, 1.165) is 31.6 Å². The molecule has 3 unspecified atom stereocenters. The summed E-state index contributed by atoms with van der Waals surface area (Å²) in [7, 11) is 1.85. The number of thioether (sulfide) groups is 1. The molecule has 3 amide bonds. The van der Waals surface area contributed by atoms with Crippen molar-refractivity contribution in [2.75, 3.05) is 19.3 Å². The van der Waals surface area contributed by atoms with Crippen molar-refractivity contribution in [2.45, 2.75) is 49.9 Å². The summed E-state index contributed by atoms with van der Waals surface area (Å²) in [5.41, 5.74) is 0. The predicted molar refractivity (Wildman–Crippen MR) is 77.3 cm³/mol. The molecule has 6 heteroatoms. The maximum atomic E-state index is 11.6. The molecule has 2 aliphatic heterocycles. The van der Waals surface area contributed by atoms with Crippen molar-refractivity contribution in [3.8, 4) is 0 Å². The highest BCUT2D eigenvalue weighted by Crippen LogP contribution is 2.33. The molecule has 0 aromatic heterocycles. The van der Waals surface area contributed by atoms with Gasteiger partial charge in [-0.3, -0.25) is 4.79 Å². The van der Waals surface area contributed by atoms with Gasteiger partial charge in [-0.25, -0.2) is 4.79 Å². The zero-order valence-corrected chi connectivity index (χ0v) is 12.5. The van der Waals surface area contributed by atoms with Gasteiger partial charge in [0.05, 0.1) is 12.1 Å². The third-order valence-corrected chi connectivity index (χ3v) is 5.48. The predicted octanol–water partition coefficient (Wildman–Crippen LogP) is 1.19. The topological polar surface area (TPSA) is 61.4 Å². The van der Waals surface area contributed by atoms with Crippen LogP contribution in [0.5, 0.6) is 0 Å². The van der Waals surface area contributed by atoms with Crippen molar-refractivity contribution in [1.29, 1.82) is 0 Å². The third-order valence-electron chi connectivity index (χ3n) is 3.97. The Kier molecular flexibility index (Phi) is 4.96. The van der Waals surface area contributed by atoms with Crippen LogP contribution in [-0.2, 0) is 4.79 Å². The van der Waals surface area contributed by atoms with E-state index in [1.165, 1.54) is 0 Å². The van der Waals surface area contributed by atoms with Crippen molar-refractivity contribution < 1.29 is 9.59 Å². The number of rotatable bonds is 6. The summed E-state index contributed by atoms with van der Waals surface area (Å²) in [5, 5.41) is 6.44. The van der Waals surface area contributed by atoms with Crippen LogP contribution in [0.2, 0.25) is 0 Å². The Balaban J connectivity index is 1.64. The highest BCUT2D eigenvalue weighted by atomic mass is 32.2. The van der Waals surface area contributed by atoms with E-state index >= 15 is 0 Å². The number of carbonyl (C=O) groups is 2. The molecule has 2 saturated heterocycles. The van der Waals surface area contributed by atoms with Crippen LogP contribution in [-0.4, -0.2) is 53.5 Å². The maximum absolute atomic E-state index is 11.6. The second-order valence-corrected chi connectivity index (χ2v) is 6.55. The van der Waals surface area contributed by atoms with Crippen LogP contribution in [0.3, 0.4) is 0 Å². The van der Waals surface area contributed by atoms with E-state index in [4.69, 9.17) is 0 Å². The Morgan fingerprint density at radius 1 is 1.42 bits per heavy atom. The van der Waals surface area contributed by atoms with Crippen LogP contribution in [0.4, 0.5) is 4.79 Å². The second-order valence-electron chi connectivity index (χ2n) is 5.28. The van der Waals surface area contributed by atoms with Gasteiger partial charge in [-0.1, -0.05) is 6.42 Å². The Bertz CT molecular complexity index is 351. The number of hydrogen-bond donors (Lipinski definition) is 2. The van der Waals surface area contributed by atoms with Gasteiger partial charge in [-0.15, -0.1) is 0 Å². The molecule has 2 rings (SSSR count). The number of nitrogens with one attached hydrogen (secondary N) is 2. The molecular weight excluding hydrogens is 262 g/mol. The Morgan fingerprint density at radius 2 is 2.21 bits per heavy atom. The molecule has 0 radical (unpaired) electrons. The van der Waals surface area contributed by atoms with Gasteiger partial charge in [0.25, 0.3) is 0 Å². The fraction of sp³-hybridized carbons (Fsp3) is 0.846. The summed E-state index contributed by atoms with van der Waals surface area (Å²) < 4.78 is 0. The van der Waals surface area contributed by atoms with Crippen molar-refractivity contribution in [3.63, 3.8) is 0 Å². The molecule has 2 heterocycles. The summed E-state index contributed by atoms with van der Waals surface area (Å²) in [6.07, 6.45) is 3.72. The largest absolute Gasteiger partial charge is 0.346 e. The zero-order valence-electron chi connectivity index (χ0n) is 11.6. The molecule has 0 aromatic rings. The maximum Gasteiger partial charge on any atom is 0.315 e. The standard InChI is InChI=1S/C13H23N3O2S/c1-3-16(2)11(17)7-5-4-6-10-12-9(8-19-10)14-13(18)15-12/h9-10,12H,3-8H2,1-2H3,(H2,14,15,18). The molecule has 2 N–H and O–H groups in total. The molecule has 0 bridgehead atoms. The molecule has 3 atom stereocenters. The molecule has 108 valence electrons. The number of hydrogen-bond acceptors (Lipinski definition) is 3. The van der Waals surface area contributed by atoms with E-state index < -0.39 is 0 Å². The summed E-state index contributed by atoms with van der Waals surface area (Å²) >= 11 is 1.93. The summed E-state index contributed by atoms with van der Waals surface area (Å²) in [6.45, 7) is 2.77. The number of fused-ring (bicyclic) bond motifs is 1. The average Bonchev–Trinajstić information content (AvgIpc) is 2.93. The molecule has 0 spiro atoms. The van der Waals surface area contributed by atoms with Crippen molar-refractivity contribution in [2.24, 2.45) is 0 Å². The molecule has 5 nitrogen and oxygen atoms in total. The SMILES string of the molecule is CCN(C)C(=O)CCCCC1SCC2NC(=O)NC21. The fourth-order valence-electron chi connectivity index (χ4n) is 2.63. The molecule has 0 aromatic carbocycles. The van der Waals surface area contributed by atoms with Crippen LogP contribution < -0.4 is 10.6 Å². The first-order chi connectivity index (χ1) is 9.11. The van der Waals surface area contributed by atoms with E-state index in [0.29, 0.717) is 17.7 Å². The van der Waals surface area contributed by atoms with Gasteiger partial charge in [-0.05, 0) is 19.8 Å². The van der Waals surface area contributed by atoms with E-state index in [-0.39, 0.29) is 18.0 Å². The van der Waals surface area contributed by atoms with Gasteiger partial charge < -0.3 is 15.5 Å². The van der Waals surface area contributed by atoms with Crippen molar-refractivity contribution in [3.05, 3.63) is 0 Å². The van der Waals surface area contributed by atoms with Gasteiger partial charge in [0, 0.05) is 31.0 Å². The van der Waals surface area contributed by atoms with Gasteiger partial charge in [-0.2, -0.15) is 11.8 Å². The van der Waals surface area contributed by atoms with Crippen molar-refractivity contribution in [1.82, 2.24) is 15.5 Å². The first-order valence-corrected chi connectivity index (χ1v) is 8.09. The van der Waals surface area contributed by atoms with E-state index in [1.54, 1.807) is 4.90 Å². The minimum absolute atomic E-state index is 0.0277. The minimum Gasteiger partial charge on any atom is -0.346 e. The highest BCUT2D eigenvalue weighted by molar-refractivity contribution is 8.00. The van der Waals surface area contributed by atoms with E-state index in [2.05, 4.69) is 10.6 Å². The average molecular weight is 285 g/mol. The van der Waals surface area contributed by atoms with Crippen molar-refractivity contribution >= 4 is 23.7 Å². The number of nitrogens with zero attached hydrogens (tertiary/aromatic N) is 1. The molecule has 0 saturated carbocycles. The quantitative estimate of drug-likeness (QED) is 0.569. The summed E-state index contributed by atoms with van der Waals surface area (Å²) in [5.74, 6) is 1.24. The molecule has 2 aliphatic rings. The van der Waals surface area contributed by atoms with Crippen LogP contribution in [0.15, 0.2) is 0 Å². The van der Waals surface area contributed by atoms with Crippen LogP contribution in [0, 0.1) is 0 Å². The smallest absolute Gasteiger partial charge is 0.315 e.